The minimum atomic E-state index is 0.382. The maximum atomic E-state index is 4.51. The predicted molar refractivity (Wildman–Crippen MR) is 79.0 cm³/mol. The van der Waals surface area contributed by atoms with E-state index in [4.69, 9.17) is 0 Å². The van der Waals surface area contributed by atoms with Crippen LogP contribution in [-0.2, 0) is 6.54 Å². The lowest BCUT2D eigenvalue weighted by Crippen LogP contribution is -2.14. The molecule has 0 aliphatic carbocycles. The Bertz CT molecular complexity index is 532. The summed E-state index contributed by atoms with van der Waals surface area (Å²) in [7, 11) is 0. The number of aryl methyl sites for hydroxylation is 1. The Morgan fingerprint density at radius 1 is 1.39 bits per heavy atom. The summed E-state index contributed by atoms with van der Waals surface area (Å²) >= 11 is 3.50. The van der Waals surface area contributed by atoms with Crippen LogP contribution in [0.3, 0.4) is 0 Å². The number of hydrogen-bond donors (Lipinski definition) is 1. The molecular weight excluding hydrogens is 290 g/mol. The SMILES string of the molecule is Cc1cn(Cc2cccc(Br)c2)c(NC(C)C)n1. The van der Waals surface area contributed by atoms with Gasteiger partial charge in [0.25, 0.3) is 0 Å². The standard InChI is InChI=1S/C14H18BrN3/c1-10(2)16-14-17-11(3)8-18(14)9-12-5-4-6-13(15)7-12/h4-8,10H,9H2,1-3H3,(H,16,17). The highest BCUT2D eigenvalue weighted by molar-refractivity contribution is 9.10. The minimum Gasteiger partial charge on any atom is -0.353 e. The van der Waals surface area contributed by atoms with Crippen molar-refractivity contribution in [3.8, 4) is 0 Å². The van der Waals surface area contributed by atoms with Crippen molar-refractivity contribution in [3.05, 3.63) is 46.2 Å². The third-order valence-electron chi connectivity index (χ3n) is 2.56. The van der Waals surface area contributed by atoms with Crippen molar-refractivity contribution in [1.29, 1.82) is 0 Å². The van der Waals surface area contributed by atoms with Gasteiger partial charge in [-0.05, 0) is 38.5 Å². The van der Waals surface area contributed by atoms with Gasteiger partial charge in [0.05, 0.1) is 12.2 Å². The average Bonchev–Trinajstić information content (AvgIpc) is 2.58. The number of rotatable bonds is 4. The van der Waals surface area contributed by atoms with Crippen molar-refractivity contribution in [3.63, 3.8) is 0 Å². The Balaban J connectivity index is 2.23. The highest BCUT2D eigenvalue weighted by atomic mass is 79.9. The Morgan fingerprint density at radius 3 is 2.83 bits per heavy atom. The predicted octanol–water partition coefficient (Wildman–Crippen LogP) is 3.82. The van der Waals surface area contributed by atoms with Crippen molar-refractivity contribution >= 4 is 21.9 Å². The molecule has 3 nitrogen and oxygen atoms in total. The molecule has 1 aromatic heterocycles. The molecule has 1 aromatic carbocycles. The topological polar surface area (TPSA) is 29.9 Å². The fourth-order valence-corrected chi connectivity index (χ4v) is 2.32. The van der Waals surface area contributed by atoms with Gasteiger partial charge in [0.15, 0.2) is 0 Å². The second-order valence-corrected chi connectivity index (χ2v) is 5.68. The Morgan fingerprint density at radius 2 is 2.17 bits per heavy atom. The number of benzene rings is 1. The summed E-state index contributed by atoms with van der Waals surface area (Å²) in [6, 6.07) is 8.73. The fraction of sp³-hybridized carbons (Fsp3) is 0.357. The quantitative estimate of drug-likeness (QED) is 0.930. The zero-order valence-electron chi connectivity index (χ0n) is 10.9. The molecule has 0 aliphatic rings. The van der Waals surface area contributed by atoms with E-state index in [2.05, 4.69) is 69.0 Å². The first-order valence-corrected chi connectivity index (χ1v) is 6.88. The van der Waals surface area contributed by atoms with Gasteiger partial charge in [-0.1, -0.05) is 28.1 Å². The Kier molecular flexibility index (Phi) is 4.07. The van der Waals surface area contributed by atoms with Crippen molar-refractivity contribution in [2.24, 2.45) is 0 Å². The number of nitrogens with zero attached hydrogens (tertiary/aromatic N) is 2. The number of aromatic nitrogens is 2. The van der Waals surface area contributed by atoms with Gasteiger partial charge in [-0.2, -0.15) is 0 Å². The summed E-state index contributed by atoms with van der Waals surface area (Å²) in [6.45, 7) is 7.08. The van der Waals surface area contributed by atoms with Crippen molar-refractivity contribution in [2.75, 3.05) is 5.32 Å². The zero-order valence-corrected chi connectivity index (χ0v) is 12.5. The third-order valence-corrected chi connectivity index (χ3v) is 3.05. The van der Waals surface area contributed by atoms with E-state index in [1.807, 2.05) is 13.0 Å². The molecule has 0 saturated carbocycles. The zero-order chi connectivity index (χ0) is 13.1. The van der Waals surface area contributed by atoms with E-state index in [0.29, 0.717) is 6.04 Å². The number of imidazole rings is 1. The second kappa shape index (κ2) is 5.57. The van der Waals surface area contributed by atoms with E-state index >= 15 is 0 Å². The lowest BCUT2D eigenvalue weighted by molar-refractivity contribution is 0.773. The van der Waals surface area contributed by atoms with E-state index in [9.17, 15) is 0 Å². The molecule has 0 amide bonds. The van der Waals surface area contributed by atoms with Crippen molar-refractivity contribution < 1.29 is 0 Å². The first kappa shape index (κ1) is 13.1. The van der Waals surface area contributed by atoms with Gasteiger partial charge >= 0.3 is 0 Å². The van der Waals surface area contributed by atoms with Crippen LogP contribution in [-0.4, -0.2) is 15.6 Å². The van der Waals surface area contributed by atoms with Crippen LogP contribution in [0, 0.1) is 6.92 Å². The summed E-state index contributed by atoms with van der Waals surface area (Å²) in [5, 5.41) is 3.37. The van der Waals surface area contributed by atoms with Crippen LogP contribution < -0.4 is 5.32 Å². The molecule has 2 rings (SSSR count). The molecule has 0 aliphatic heterocycles. The number of anilines is 1. The largest absolute Gasteiger partial charge is 0.353 e. The molecule has 0 spiro atoms. The molecule has 0 atom stereocenters. The monoisotopic (exact) mass is 307 g/mol. The molecule has 18 heavy (non-hydrogen) atoms. The van der Waals surface area contributed by atoms with Gasteiger partial charge in [0, 0.05) is 16.7 Å². The molecular formula is C14H18BrN3. The van der Waals surface area contributed by atoms with E-state index in [0.717, 1.165) is 22.7 Å². The molecule has 0 saturated heterocycles. The van der Waals surface area contributed by atoms with Crippen molar-refractivity contribution in [2.45, 2.75) is 33.4 Å². The highest BCUT2D eigenvalue weighted by Crippen LogP contribution is 2.16. The number of hydrogen-bond acceptors (Lipinski definition) is 2. The van der Waals surface area contributed by atoms with Crippen LogP contribution in [0.4, 0.5) is 5.95 Å². The summed E-state index contributed by atoms with van der Waals surface area (Å²) in [4.78, 5) is 4.51. The van der Waals surface area contributed by atoms with E-state index in [-0.39, 0.29) is 0 Å². The molecule has 0 fully saturated rings. The molecule has 1 heterocycles. The smallest absolute Gasteiger partial charge is 0.203 e. The summed E-state index contributed by atoms with van der Waals surface area (Å²) in [5.74, 6) is 0.933. The van der Waals surface area contributed by atoms with E-state index in [1.165, 1.54) is 5.56 Å². The summed E-state index contributed by atoms with van der Waals surface area (Å²) in [5.41, 5.74) is 2.29. The van der Waals surface area contributed by atoms with Crippen molar-refractivity contribution in [1.82, 2.24) is 9.55 Å². The molecule has 2 aromatic rings. The molecule has 0 radical (unpaired) electrons. The van der Waals surface area contributed by atoms with E-state index in [1.54, 1.807) is 0 Å². The first-order valence-electron chi connectivity index (χ1n) is 6.09. The molecule has 0 bridgehead atoms. The minimum absolute atomic E-state index is 0.382. The number of nitrogens with one attached hydrogen (secondary N) is 1. The third kappa shape index (κ3) is 3.35. The fourth-order valence-electron chi connectivity index (χ4n) is 1.87. The summed E-state index contributed by atoms with van der Waals surface area (Å²) in [6.07, 6.45) is 2.08. The van der Waals surface area contributed by atoms with Crippen LogP contribution >= 0.6 is 15.9 Å². The number of halogens is 1. The second-order valence-electron chi connectivity index (χ2n) is 4.76. The normalized spacial score (nSPS) is 10.9. The molecule has 4 heteroatoms. The highest BCUT2D eigenvalue weighted by Gasteiger charge is 2.07. The van der Waals surface area contributed by atoms with Crippen LogP contribution in [0.15, 0.2) is 34.9 Å². The molecule has 0 unspecified atom stereocenters. The Hall–Kier alpha value is -1.29. The average molecular weight is 308 g/mol. The van der Waals surface area contributed by atoms with Gasteiger partial charge in [-0.15, -0.1) is 0 Å². The van der Waals surface area contributed by atoms with E-state index < -0.39 is 0 Å². The lowest BCUT2D eigenvalue weighted by Gasteiger charge is -2.12. The molecule has 1 N–H and O–H groups in total. The van der Waals surface area contributed by atoms with Gasteiger partial charge < -0.3 is 9.88 Å². The Labute approximate surface area is 116 Å². The summed E-state index contributed by atoms with van der Waals surface area (Å²) < 4.78 is 3.26. The maximum Gasteiger partial charge on any atom is 0.203 e. The lowest BCUT2D eigenvalue weighted by atomic mass is 10.2. The van der Waals surface area contributed by atoms with Crippen LogP contribution in [0.25, 0.3) is 0 Å². The van der Waals surface area contributed by atoms with Gasteiger partial charge in [-0.3, -0.25) is 0 Å². The maximum absolute atomic E-state index is 4.51. The molecule has 96 valence electrons. The van der Waals surface area contributed by atoms with Gasteiger partial charge in [-0.25, -0.2) is 4.98 Å². The van der Waals surface area contributed by atoms with Gasteiger partial charge in [0.2, 0.25) is 5.95 Å². The first-order chi connectivity index (χ1) is 8.54. The van der Waals surface area contributed by atoms with Crippen LogP contribution in [0.2, 0.25) is 0 Å². The van der Waals surface area contributed by atoms with Crippen LogP contribution in [0.5, 0.6) is 0 Å². The van der Waals surface area contributed by atoms with Crippen LogP contribution in [0.1, 0.15) is 25.1 Å². The van der Waals surface area contributed by atoms with Gasteiger partial charge in [0.1, 0.15) is 0 Å².